The molecule has 1 saturated heterocycles. The van der Waals surface area contributed by atoms with E-state index in [-0.39, 0.29) is 36.8 Å². The van der Waals surface area contributed by atoms with Crippen molar-refractivity contribution in [3.05, 3.63) is 29.6 Å². The number of aryl methyl sites for hydroxylation is 1. The molecule has 222 valence electrons. The second-order valence-electron chi connectivity index (χ2n) is 11.8. The monoisotopic (exact) mass is 565 g/mol. The van der Waals surface area contributed by atoms with E-state index in [1.165, 1.54) is 4.90 Å². The van der Waals surface area contributed by atoms with Crippen molar-refractivity contribution in [2.75, 3.05) is 33.4 Å². The summed E-state index contributed by atoms with van der Waals surface area (Å²) in [4.78, 5) is 46.9. The van der Waals surface area contributed by atoms with E-state index in [9.17, 15) is 23.2 Å². The molecule has 10 nitrogen and oxygen atoms in total. The van der Waals surface area contributed by atoms with E-state index in [1.54, 1.807) is 37.3 Å². The molecule has 40 heavy (non-hydrogen) atoms. The van der Waals surface area contributed by atoms with Gasteiger partial charge >= 0.3 is 6.09 Å². The van der Waals surface area contributed by atoms with Crippen molar-refractivity contribution in [2.24, 2.45) is 17.6 Å². The quantitative estimate of drug-likeness (QED) is 0.436. The Kier molecular flexibility index (Phi) is 10.1. The van der Waals surface area contributed by atoms with E-state index in [0.717, 1.165) is 12.1 Å². The number of hydrogen-bond donors (Lipinski definition) is 1. The topological polar surface area (TPSA) is 120 Å². The number of halogens is 2. The number of fused-ring (bicyclic) bond motifs is 1. The molecule has 2 aromatic rings. The minimum Gasteiger partial charge on any atom is -0.444 e. The number of amides is 3. The molecule has 1 aromatic carbocycles. The highest BCUT2D eigenvalue weighted by Gasteiger charge is 2.40. The molecule has 1 aliphatic rings. The van der Waals surface area contributed by atoms with E-state index in [2.05, 4.69) is 4.98 Å². The predicted octanol–water partition coefficient (Wildman–Crippen LogP) is 3.95. The molecular weight excluding hydrogens is 524 g/mol. The van der Waals surface area contributed by atoms with Crippen molar-refractivity contribution in [3.8, 4) is 0 Å². The molecule has 0 unspecified atom stereocenters. The Morgan fingerprint density at radius 2 is 1.82 bits per heavy atom. The average molecular weight is 566 g/mol. The summed E-state index contributed by atoms with van der Waals surface area (Å²) < 4.78 is 40.6. The molecule has 1 fully saturated rings. The van der Waals surface area contributed by atoms with Gasteiger partial charge in [0.1, 0.15) is 5.60 Å². The number of benzene rings is 1. The maximum absolute atomic E-state index is 14.2. The lowest BCUT2D eigenvalue weighted by atomic mass is 9.92. The van der Waals surface area contributed by atoms with Crippen LogP contribution in [0.4, 0.5) is 13.6 Å². The van der Waals surface area contributed by atoms with Crippen LogP contribution >= 0.6 is 0 Å². The van der Waals surface area contributed by atoms with Crippen molar-refractivity contribution in [1.82, 2.24) is 19.4 Å². The molecule has 0 spiro atoms. The number of likely N-dealkylation sites (tertiary alicyclic amines) is 1. The molecule has 1 aromatic heterocycles. The third-order valence-electron chi connectivity index (χ3n) is 6.71. The Balaban J connectivity index is 2.03. The highest BCUT2D eigenvalue weighted by molar-refractivity contribution is 5.95. The van der Waals surface area contributed by atoms with Crippen molar-refractivity contribution in [3.63, 3.8) is 0 Å². The third-order valence-corrected chi connectivity index (χ3v) is 6.71. The minimum atomic E-state index is -1.06. The maximum atomic E-state index is 14.2. The van der Waals surface area contributed by atoms with Crippen LogP contribution in [-0.4, -0.2) is 82.3 Å². The minimum absolute atomic E-state index is 0.0299. The van der Waals surface area contributed by atoms with Crippen LogP contribution in [0.1, 0.15) is 64.5 Å². The van der Waals surface area contributed by atoms with Crippen molar-refractivity contribution >= 4 is 28.9 Å². The maximum Gasteiger partial charge on any atom is 0.410 e. The van der Waals surface area contributed by atoms with Gasteiger partial charge in [-0.2, -0.15) is 0 Å². The number of piperidine rings is 1. The Morgan fingerprint density at radius 1 is 1.15 bits per heavy atom. The Bertz CT molecular complexity index is 1230. The van der Waals surface area contributed by atoms with E-state index < -0.39 is 47.1 Å². The fourth-order valence-corrected chi connectivity index (χ4v) is 4.93. The zero-order valence-electron chi connectivity index (χ0n) is 24.2. The summed E-state index contributed by atoms with van der Waals surface area (Å²) in [5.41, 5.74) is 5.38. The van der Waals surface area contributed by atoms with Crippen LogP contribution in [0.3, 0.4) is 0 Å². The second kappa shape index (κ2) is 12.9. The van der Waals surface area contributed by atoms with Crippen LogP contribution in [0.15, 0.2) is 12.1 Å². The number of rotatable bonds is 10. The highest BCUT2D eigenvalue weighted by Crippen LogP contribution is 2.27. The van der Waals surface area contributed by atoms with Gasteiger partial charge in [-0.15, -0.1) is 0 Å². The SMILES string of the molecule is COCCCCn1c(C(=O)N(CC(C)C)[C@H]2C[C@@H](C(N)=O)CN(C(=O)OC(C)(C)C)C2)nc2cc(F)c(F)cc21. The predicted molar refractivity (Wildman–Crippen MR) is 146 cm³/mol. The molecule has 3 rings (SSSR count). The van der Waals surface area contributed by atoms with Gasteiger partial charge in [0.05, 0.1) is 23.0 Å². The summed E-state index contributed by atoms with van der Waals surface area (Å²) in [5, 5.41) is 0. The first-order valence-corrected chi connectivity index (χ1v) is 13.6. The molecule has 2 heterocycles. The summed E-state index contributed by atoms with van der Waals surface area (Å²) in [7, 11) is 1.59. The number of methoxy groups -OCH3 is 1. The smallest absolute Gasteiger partial charge is 0.410 e. The molecule has 2 N–H and O–H groups in total. The number of aromatic nitrogens is 2. The van der Waals surface area contributed by atoms with Crippen molar-refractivity contribution in [2.45, 2.75) is 72.1 Å². The number of imidazole rings is 1. The van der Waals surface area contributed by atoms with Crippen LogP contribution in [0.5, 0.6) is 0 Å². The zero-order chi connectivity index (χ0) is 29.8. The average Bonchev–Trinajstić information content (AvgIpc) is 3.20. The normalized spacial score (nSPS) is 17.9. The Morgan fingerprint density at radius 3 is 2.42 bits per heavy atom. The number of carbonyl (C=O) groups excluding carboxylic acids is 3. The fraction of sp³-hybridized carbons (Fsp3) is 0.643. The number of nitrogens with two attached hydrogens (primary N) is 1. The van der Waals surface area contributed by atoms with Gasteiger partial charge in [-0.25, -0.2) is 18.6 Å². The van der Waals surface area contributed by atoms with E-state index in [0.29, 0.717) is 38.1 Å². The van der Waals surface area contributed by atoms with Gasteiger partial charge < -0.3 is 29.6 Å². The van der Waals surface area contributed by atoms with Gasteiger partial charge in [-0.3, -0.25) is 9.59 Å². The summed E-state index contributed by atoms with van der Waals surface area (Å²) in [6, 6.07) is 1.46. The summed E-state index contributed by atoms with van der Waals surface area (Å²) in [6.07, 6.45) is 0.959. The lowest BCUT2D eigenvalue weighted by molar-refractivity contribution is -0.124. The molecule has 0 saturated carbocycles. The van der Waals surface area contributed by atoms with E-state index in [1.807, 2.05) is 13.8 Å². The van der Waals surface area contributed by atoms with Crippen LogP contribution in [0.25, 0.3) is 11.0 Å². The van der Waals surface area contributed by atoms with Gasteiger partial charge in [0.2, 0.25) is 5.91 Å². The lowest BCUT2D eigenvalue weighted by Crippen LogP contribution is -2.57. The Labute approximate surface area is 233 Å². The lowest BCUT2D eigenvalue weighted by Gasteiger charge is -2.42. The third kappa shape index (κ3) is 7.67. The molecular formula is C28H41F2N5O5. The number of nitrogens with zero attached hydrogens (tertiary/aromatic N) is 4. The largest absolute Gasteiger partial charge is 0.444 e. The molecule has 3 amide bonds. The number of unbranched alkanes of at least 4 members (excludes halogenated alkanes) is 1. The summed E-state index contributed by atoms with van der Waals surface area (Å²) in [6.45, 7) is 10.5. The molecule has 1 aliphatic heterocycles. The van der Waals surface area contributed by atoms with Crippen molar-refractivity contribution in [1.29, 1.82) is 0 Å². The second-order valence-corrected chi connectivity index (χ2v) is 11.8. The number of carbonyl (C=O) groups is 3. The Hall–Kier alpha value is -3.28. The fourth-order valence-electron chi connectivity index (χ4n) is 4.93. The van der Waals surface area contributed by atoms with Gasteiger partial charge in [0.15, 0.2) is 17.5 Å². The standard InChI is InChI=1S/C28H41F2N5O5/c1-17(2)14-35(19-11-18(24(31)36)15-33(16-19)27(38)40-28(3,4)5)26(37)25-32-22-12-20(29)21(30)13-23(22)34(25)9-7-8-10-39-6/h12-13,17-19H,7-11,14-16H2,1-6H3,(H2,31,36)/t18-,19+/m1/s1. The van der Waals surface area contributed by atoms with Gasteiger partial charge in [0.25, 0.3) is 5.91 Å². The van der Waals surface area contributed by atoms with E-state index >= 15 is 0 Å². The van der Waals surface area contributed by atoms with Crippen LogP contribution in [0.2, 0.25) is 0 Å². The number of hydrogen-bond acceptors (Lipinski definition) is 6. The van der Waals surface area contributed by atoms with Crippen molar-refractivity contribution < 1.29 is 32.6 Å². The first kappa shape index (κ1) is 31.3. The van der Waals surface area contributed by atoms with E-state index in [4.69, 9.17) is 15.2 Å². The van der Waals surface area contributed by atoms with Gasteiger partial charge in [-0.1, -0.05) is 13.8 Å². The summed E-state index contributed by atoms with van der Waals surface area (Å²) in [5.74, 6) is -3.76. The first-order valence-electron chi connectivity index (χ1n) is 13.6. The molecule has 0 radical (unpaired) electrons. The van der Waals surface area contributed by atoms with Crippen LogP contribution in [0, 0.1) is 23.5 Å². The van der Waals surface area contributed by atoms with Crippen LogP contribution in [-0.2, 0) is 20.8 Å². The first-order chi connectivity index (χ1) is 18.7. The van der Waals surface area contributed by atoms with Gasteiger partial charge in [0, 0.05) is 52.0 Å². The highest BCUT2D eigenvalue weighted by atomic mass is 19.2. The zero-order valence-corrected chi connectivity index (χ0v) is 24.2. The molecule has 0 aliphatic carbocycles. The number of ether oxygens (including phenoxy) is 2. The molecule has 12 heteroatoms. The molecule has 2 atom stereocenters. The summed E-state index contributed by atoms with van der Waals surface area (Å²) >= 11 is 0. The molecule has 0 bridgehead atoms. The number of primary amides is 1. The van der Waals surface area contributed by atoms with Crippen LogP contribution < -0.4 is 5.73 Å². The van der Waals surface area contributed by atoms with Gasteiger partial charge in [-0.05, 0) is 46.0 Å².